The van der Waals surface area contributed by atoms with E-state index in [1.165, 1.54) is 16.7 Å². The van der Waals surface area contributed by atoms with Gasteiger partial charge in [0.1, 0.15) is 0 Å². The molecule has 0 aliphatic rings. The number of H-pyrrole nitrogens is 1. The van der Waals surface area contributed by atoms with Crippen LogP contribution in [-0.4, -0.2) is 4.98 Å². The molecular weight excluding hydrogens is 284 g/mol. The van der Waals surface area contributed by atoms with Crippen LogP contribution in [0, 0.1) is 20.8 Å². The van der Waals surface area contributed by atoms with Crippen LogP contribution in [0.3, 0.4) is 0 Å². The van der Waals surface area contributed by atoms with Crippen LogP contribution in [0.25, 0.3) is 10.9 Å². The molecule has 0 atom stereocenters. The number of hydrogen-bond acceptors (Lipinski definition) is 2. The third kappa shape index (κ3) is 3.51. The fraction of sp³-hybridized carbons (Fsp3) is 0.250. The Kier molecular flexibility index (Phi) is 4.30. The molecule has 2 aromatic carbocycles. The predicted molar refractivity (Wildman–Crippen MR) is 95.8 cm³/mol. The van der Waals surface area contributed by atoms with Crippen LogP contribution in [0.5, 0.6) is 0 Å². The second-order valence-corrected chi connectivity index (χ2v) is 6.26. The maximum Gasteiger partial charge on any atom is 0.252 e. The van der Waals surface area contributed by atoms with Gasteiger partial charge in [-0.25, -0.2) is 0 Å². The smallest absolute Gasteiger partial charge is 0.252 e. The number of aromatic nitrogens is 1. The van der Waals surface area contributed by atoms with Gasteiger partial charge in [-0.1, -0.05) is 41.5 Å². The quantitative estimate of drug-likeness (QED) is 0.771. The minimum absolute atomic E-state index is 0.0131. The molecule has 0 bridgehead atoms. The molecule has 1 heterocycles. The number of hydrogen-bond donors (Lipinski definition) is 2. The zero-order valence-electron chi connectivity index (χ0n) is 13.9. The molecule has 0 saturated heterocycles. The number of aromatic amines is 1. The van der Waals surface area contributed by atoms with E-state index in [-0.39, 0.29) is 5.56 Å². The van der Waals surface area contributed by atoms with Crippen molar-refractivity contribution in [2.24, 2.45) is 0 Å². The molecule has 0 unspecified atom stereocenters. The van der Waals surface area contributed by atoms with Crippen LogP contribution in [0.15, 0.2) is 47.3 Å². The van der Waals surface area contributed by atoms with Gasteiger partial charge in [-0.05, 0) is 49.4 Å². The Balaban J connectivity index is 1.78. The van der Waals surface area contributed by atoms with Crippen molar-refractivity contribution in [1.82, 2.24) is 10.3 Å². The van der Waals surface area contributed by atoms with E-state index >= 15 is 0 Å². The molecule has 0 radical (unpaired) electrons. The molecule has 0 saturated carbocycles. The summed E-state index contributed by atoms with van der Waals surface area (Å²) in [4.78, 5) is 15.3. The van der Waals surface area contributed by atoms with Crippen molar-refractivity contribution in [3.05, 3.63) is 80.6 Å². The second kappa shape index (κ2) is 6.39. The molecule has 0 spiro atoms. The van der Waals surface area contributed by atoms with Crippen LogP contribution >= 0.6 is 0 Å². The lowest BCUT2D eigenvalue weighted by Gasteiger charge is -2.08. The summed E-state index contributed by atoms with van der Waals surface area (Å²) in [5.74, 6) is 0. The van der Waals surface area contributed by atoms with Gasteiger partial charge in [0, 0.05) is 18.7 Å². The first kappa shape index (κ1) is 15.5. The Morgan fingerprint density at radius 1 is 0.913 bits per heavy atom. The number of pyridine rings is 1. The fourth-order valence-electron chi connectivity index (χ4n) is 2.91. The maximum absolute atomic E-state index is 12.3. The van der Waals surface area contributed by atoms with Gasteiger partial charge in [0.25, 0.3) is 5.56 Å². The van der Waals surface area contributed by atoms with E-state index in [1.54, 1.807) is 0 Å². The topological polar surface area (TPSA) is 44.9 Å². The normalized spacial score (nSPS) is 11.1. The lowest BCUT2D eigenvalue weighted by atomic mass is 10.1. The van der Waals surface area contributed by atoms with E-state index in [0.717, 1.165) is 28.6 Å². The van der Waals surface area contributed by atoms with Gasteiger partial charge in [-0.15, -0.1) is 0 Å². The molecule has 3 rings (SSSR count). The largest absolute Gasteiger partial charge is 0.321 e. The molecule has 2 N–H and O–H groups in total. The predicted octanol–water partition coefficient (Wildman–Crippen LogP) is 3.74. The number of rotatable bonds is 4. The Morgan fingerprint density at radius 2 is 1.65 bits per heavy atom. The van der Waals surface area contributed by atoms with Crippen LogP contribution in [0.1, 0.15) is 27.8 Å². The third-order valence-corrected chi connectivity index (χ3v) is 4.14. The van der Waals surface area contributed by atoms with Gasteiger partial charge in [-0.2, -0.15) is 0 Å². The first-order valence-electron chi connectivity index (χ1n) is 7.92. The standard InChI is InChI=1S/C20H22N2O/c1-13-4-6-16(7-5-13)11-21-12-18-10-17-9-14(2)8-15(3)19(17)22-20(18)23/h4-10,21H,11-12H2,1-3H3,(H,22,23). The van der Waals surface area contributed by atoms with E-state index < -0.39 is 0 Å². The number of nitrogens with one attached hydrogen (secondary N) is 2. The third-order valence-electron chi connectivity index (χ3n) is 4.14. The van der Waals surface area contributed by atoms with Crippen LogP contribution in [0.4, 0.5) is 0 Å². The summed E-state index contributed by atoms with van der Waals surface area (Å²) in [5, 5.41) is 4.44. The Morgan fingerprint density at radius 3 is 2.39 bits per heavy atom. The minimum Gasteiger partial charge on any atom is -0.321 e. The first-order valence-corrected chi connectivity index (χ1v) is 7.92. The molecule has 0 fully saturated rings. The first-order chi connectivity index (χ1) is 11.0. The minimum atomic E-state index is -0.0131. The van der Waals surface area contributed by atoms with E-state index in [1.807, 2.05) is 13.0 Å². The highest BCUT2D eigenvalue weighted by Gasteiger charge is 2.05. The Labute approximate surface area is 136 Å². The summed E-state index contributed by atoms with van der Waals surface area (Å²) in [6, 6.07) is 14.6. The second-order valence-electron chi connectivity index (χ2n) is 6.26. The molecule has 3 nitrogen and oxygen atoms in total. The van der Waals surface area contributed by atoms with Crippen molar-refractivity contribution in [1.29, 1.82) is 0 Å². The SMILES string of the molecule is Cc1ccc(CNCc2cc3cc(C)cc(C)c3[nH]c2=O)cc1. The van der Waals surface area contributed by atoms with Crippen LogP contribution < -0.4 is 10.9 Å². The zero-order valence-corrected chi connectivity index (χ0v) is 13.9. The zero-order chi connectivity index (χ0) is 16.4. The summed E-state index contributed by atoms with van der Waals surface area (Å²) in [7, 11) is 0. The van der Waals surface area contributed by atoms with Crippen molar-refractivity contribution < 1.29 is 0 Å². The summed E-state index contributed by atoms with van der Waals surface area (Å²) < 4.78 is 0. The fourth-order valence-corrected chi connectivity index (χ4v) is 2.91. The summed E-state index contributed by atoms with van der Waals surface area (Å²) in [6.45, 7) is 7.50. The van der Waals surface area contributed by atoms with Gasteiger partial charge in [-0.3, -0.25) is 4.79 Å². The molecule has 1 aromatic heterocycles. The van der Waals surface area contributed by atoms with Crippen molar-refractivity contribution >= 4 is 10.9 Å². The summed E-state index contributed by atoms with van der Waals surface area (Å²) in [6.07, 6.45) is 0. The van der Waals surface area contributed by atoms with Crippen LogP contribution in [0.2, 0.25) is 0 Å². The maximum atomic E-state index is 12.3. The highest BCUT2D eigenvalue weighted by Crippen LogP contribution is 2.18. The molecule has 3 heteroatoms. The molecule has 0 aliphatic carbocycles. The lowest BCUT2D eigenvalue weighted by Crippen LogP contribution is -2.21. The van der Waals surface area contributed by atoms with Crippen molar-refractivity contribution in [3.63, 3.8) is 0 Å². The highest BCUT2D eigenvalue weighted by molar-refractivity contribution is 5.82. The van der Waals surface area contributed by atoms with Gasteiger partial charge in [0.05, 0.1) is 5.52 Å². The summed E-state index contributed by atoms with van der Waals surface area (Å²) in [5.41, 5.74) is 6.49. The highest BCUT2D eigenvalue weighted by atomic mass is 16.1. The number of benzene rings is 2. The Bertz CT molecular complexity index is 892. The van der Waals surface area contributed by atoms with Crippen molar-refractivity contribution in [3.8, 4) is 0 Å². The van der Waals surface area contributed by atoms with Crippen molar-refractivity contribution in [2.75, 3.05) is 0 Å². The molecule has 23 heavy (non-hydrogen) atoms. The van der Waals surface area contributed by atoms with E-state index in [0.29, 0.717) is 6.54 Å². The molecule has 3 aromatic rings. The van der Waals surface area contributed by atoms with Gasteiger partial charge >= 0.3 is 0 Å². The van der Waals surface area contributed by atoms with E-state index in [4.69, 9.17) is 0 Å². The molecule has 0 aliphatic heterocycles. The summed E-state index contributed by atoms with van der Waals surface area (Å²) >= 11 is 0. The van der Waals surface area contributed by atoms with E-state index in [2.05, 4.69) is 60.5 Å². The lowest BCUT2D eigenvalue weighted by molar-refractivity contribution is 0.688. The number of aryl methyl sites for hydroxylation is 3. The van der Waals surface area contributed by atoms with Gasteiger partial charge < -0.3 is 10.3 Å². The molecular formula is C20H22N2O. The average molecular weight is 306 g/mol. The number of fused-ring (bicyclic) bond motifs is 1. The monoisotopic (exact) mass is 306 g/mol. The molecule has 118 valence electrons. The van der Waals surface area contributed by atoms with Gasteiger partial charge in [0.2, 0.25) is 0 Å². The van der Waals surface area contributed by atoms with Crippen molar-refractivity contribution in [2.45, 2.75) is 33.9 Å². The van der Waals surface area contributed by atoms with Gasteiger partial charge in [0.15, 0.2) is 0 Å². The Hall–Kier alpha value is -2.39. The average Bonchev–Trinajstić information content (AvgIpc) is 2.50. The van der Waals surface area contributed by atoms with E-state index in [9.17, 15) is 4.79 Å². The van der Waals surface area contributed by atoms with Crippen LogP contribution in [-0.2, 0) is 13.1 Å². The molecule has 0 amide bonds.